The molecule has 0 saturated carbocycles. The molecule has 1 heteroatoms. The van der Waals surface area contributed by atoms with E-state index in [2.05, 4.69) is 84.9 Å². The molecule has 1 aliphatic carbocycles. The van der Waals surface area contributed by atoms with Gasteiger partial charge in [0.15, 0.2) is 5.78 Å². The SMILES string of the molecule is Cc1ccc(C(=O)C2=CC(=C(c3ccccc3)c3ccccc3)c3cc4ccccc4cc32)cc1. The molecule has 0 spiro atoms. The van der Waals surface area contributed by atoms with Gasteiger partial charge in [0.1, 0.15) is 0 Å². The summed E-state index contributed by atoms with van der Waals surface area (Å²) < 4.78 is 0. The van der Waals surface area contributed by atoms with Crippen molar-refractivity contribution in [3.63, 3.8) is 0 Å². The van der Waals surface area contributed by atoms with Gasteiger partial charge in [-0.25, -0.2) is 0 Å². The Balaban J connectivity index is 1.66. The first-order valence-electron chi connectivity index (χ1n) is 11.9. The molecule has 6 rings (SSSR count). The van der Waals surface area contributed by atoms with Crippen LogP contribution in [0.5, 0.6) is 0 Å². The van der Waals surface area contributed by atoms with E-state index in [0.29, 0.717) is 5.56 Å². The summed E-state index contributed by atoms with van der Waals surface area (Å²) >= 11 is 0. The standard InChI is InChI=1S/C34H24O/c1-23-16-18-26(19-17-23)34(35)32-22-31(29-20-27-14-8-9-15-28(27)21-30(29)32)33(24-10-4-2-5-11-24)25-12-6-3-7-13-25/h2-22H,1H3. The zero-order valence-electron chi connectivity index (χ0n) is 19.5. The van der Waals surface area contributed by atoms with Crippen LogP contribution in [0.3, 0.4) is 0 Å². The van der Waals surface area contributed by atoms with Crippen molar-refractivity contribution < 1.29 is 4.79 Å². The molecule has 1 aliphatic rings. The van der Waals surface area contributed by atoms with Gasteiger partial charge in [0.2, 0.25) is 0 Å². The Morgan fingerprint density at radius 3 is 1.63 bits per heavy atom. The molecule has 0 atom stereocenters. The topological polar surface area (TPSA) is 17.1 Å². The van der Waals surface area contributed by atoms with Crippen LogP contribution in [0.4, 0.5) is 0 Å². The average Bonchev–Trinajstić information content (AvgIpc) is 3.27. The number of hydrogen-bond donors (Lipinski definition) is 0. The van der Waals surface area contributed by atoms with Crippen molar-refractivity contribution >= 4 is 33.3 Å². The number of allylic oxidation sites excluding steroid dienone is 3. The van der Waals surface area contributed by atoms with Gasteiger partial charge in [-0.3, -0.25) is 4.79 Å². The van der Waals surface area contributed by atoms with E-state index in [4.69, 9.17) is 0 Å². The number of fused-ring (bicyclic) bond motifs is 2. The number of aryl methyl sites for hydroxylation is 1. The molecule has 0 aliphatic heterocycles. The maximum absolute atomic E-state index is 13.8. The molecule has 5 aromatic rings. The van der Waals surface area contributed by atoms with Crippen LogP contribution in [-0.2, 0) is 0 Å². The lowest BCUT2D eigenvalue weighted by Gasteiger charge is -2.14. The smallest absolute Gasteiger partial charge is 0.193 e. The van der Waals surface area contributed by atoms with Gasteiger partial charge >= 0.3 is 0 Å². The monoisotopic (exact) mass is 448 g/mol. The molecule has 166 valence electrons. The van der Waals surface area contributed by atoms with Crippen LogP contribution in [0, 0.1) is 6.92 Å². The van der Waals surface area contributed by atoms with Crippen molar-refractivity contribution in [2.24, 2.45) is 0 Å². The van der Waals surface area contributed by atoms with E-state index in [1.807, 2.05) is 49.4 Å². The van der Waals surface area contributed by atoms with Gasteiger partial charge in [-0.1, -0.05) is 115 Å². The Labute approximate surface area is 205 Å². The minimum absolute atomic E-state index is 0.0528. The molecular formula is C34H24O. The summed E-state index contributed by atoms with van der Waals surface area (Å²) in [4.78, 5) is 13.8. The Morgan fingerprint density at radius 1 is 0.543 bits per heavy atom. The highest BCUT2D eigenvalue weighted by Gasteiger charge is 2.27. The van der Waals surface area contributed by atoms with Crippen molar-refractivity contribution in [1.82, 2.24) is 0 Å². The average molecular weight is 449 g/mol. The summed E-state index contributed by atoms with van der Waals surface area (Å²) in [6, 6.07) is 41.5. The predicted molar refractivity (Wildman–Crippen MR) is 146 cm³/mol. The molecule has 5 aromatic carbocycles. The third-order valence-electron chi connectivity index (χ3n) is 6.71. The van der Waals surface area contributed by atoms with Crippen LogP contribution < -0.4 is 0 Å². The lowest BCUT2D eigenvalue weighted by Crippen LogP contribution is -2.01. The van der Waals surface area contributed by atoms with Gasteiger partial charge in [-0.2, -0.15) is 0 Å². The largest absolute Gasteiger partial charge is 0.289 e. The lowest BCUT2D eigenvalue weighted by atomic mass is 9.89. The van der Waals surface area contributed by atoms with E-state index in [-0.39, 0.29) is 5.78 Å². The number of Topliss-reactive ketones (excluding diaryl/α,β-unsaturated/α-hetero) is 1. The van der Waals surface area contributed by atoms with E-state index < -0.39 is 0 Å². The van der Waals surface area contributed by atoms with Crippen LogP contribution in [0.15, 0.2) is 127 Å². The molecule has 0 heterocycles. The molecule has 0 radical (unpaired) electrons. The van der Waals surface area contributed by atoms with Crippen LogP contribution in [0.1, 0.15) is 38.2 Å². The van der Waals surface area contributed by atoms with E-state index in [0.717, 1.165) is 49.9 Å². The molecule has 0 fully saturated rings. The zero-order valence-corrected chi connectivity index (χ0v) is 19.5. The van der Waals surface area contributed by atoms with Gasteiger partial charge in [0, 0.05) is 11.1 Å². The number of carbonyl (C=O) groups is 1. The Kier molecular flexibility index (Phi) is 5.24. The third kappa shape index (κ3) is 3.82. The highest BCUT2D eigenvalue weighted by molar-refractivity contribution is 6.34. The highest BCUT2D eigenvalue weighted by Crippen LogP contribution is 2.44. The first kappa shape index (κ1) is 21.1. The first-order valence-corrected chi connectivity index (χ1v) is 11.9. The minimum Gasteiger partial charge on any atom is -0.289 e. The maximum atomic E-state index is 13.8. The fourth-order valence-electron chi connectivity index (χ4n) is 4.93. The number of ketones is 1. The molecule has 35 heavy (non-hydrogen) atoms. The summed E-state index contributed by atoms with van der Waals surface area (Å²) in [5.74, 6) is 0.0528. The summed E-state index contributed by atoms with van der Waals surface area (Å²) in [7, 11) is 0. The van der Waals surface area contributed by atoms with Crippen molar-refractivity contribution in [2.45, 2.75) is 6.92 Å². The fourth-order valence-corrected chi connectivity index (χ4v) is 4.93. The van der Waals surface area contributed by atoms with E-state index in [1.54, 1.807) is 0 Å². The Hall–Kier alpha value is -4.49. The van der Waals surface area contributed by atoms with Crippen LogP contribution >= 0.6 is 0 Å². The fraction of sp³-hybridized carbons (Fsp3) is 0.0294. The van der Waals surface area contributed by atoms with Gasteiger partial charge in [-0.05, 0) is 69.3 Å². The molecule has 0 unspecified atom stereocenters. The van der Waals surface area contributed by atoms with Crippen LogP contribution in [0.2, 0.25) is 0 Å². The molecule has 0 saturated heterocycles. The number of hydrogen-bond acceptors (Lipinski definition) is 1. The van der Waals surface area contributed by atoms with Gasteiger partial charge in [0.05, 0.1) is 0 Å². The lowest BCUT2D eigenvalue weighted by molar-refractivity contribution is 0.105. The molecule has 0 N–H and O–H groups in total. The quantitative estimate of drug-likeness (QED) is 0.252. The number of rotatable bonds is 4. The molecule has 1 nitrogen and oxygen atoms in total. The zero-order chi connectivity index (χ0) is 23.8. The van der Waals surface area contributed by atoms with Gasteiger partial charge < -0.3 is 0 Å². The summed E-state index contributed by atoms with van der Waals surface area (Å²) in [5.41, 5.74) is 9.17. The molecule has 0 amide bonds. The van der Waals surface area contributed by atoms with Crippen LogP contribution in [0.25, 0.3) is 27.5 Å². The second kappa shape index (κ2) is 8.70. The predicted octanol–water partition coefficient (Wildman–Crippen LogP) is 8.39. The first-order chi connectivity index (χ1) is 17.2. The van der Waals surface area contributed by atoms with E-state index in [9.17, 15) is 4.79 Å². The summed E-state index contributed by atoms with van der Waals surface area (Å²) in [5, 5.41) is 2.30. The Morgan fingerprint density at radius 2 is 1.06 bits per heavy atom. The number of carbonyl (C=O) groups excluding carboxylic acids is 1. The molecule has 0 aromatic heterocycles. The highest BCUT2D eigenvalue weighted by atomic mass is 16.1. The van der Waals surface area contributed by atoms with E-state index >= 15 is 0 Å². The van der Waals surface area contributed by atoms with Crippen LogP contribution in [-0.4, -0.2) is 5.78 Å². The number of benzene rings is 5. The van der Waals surface area contributed by atoms with Crippen molar-refractivity contribution in [3.8, 4) is 0 Å². The Bertz CT molecular complexity index is 1580. The third-order valence-corrected chi connectivity index (χ3v) is 6.71. The van der Waals surface area contributed by atoms with Crippen molar-refractivity contribution in [2.75, 3.05) is 0 Å². The molecular weight excluding hydrogens is 424 g/mol. The molecule has 0 bridgehead atoms. The summed E-state index contributed by atoms with van der Waals surface area (Å²) in [6.45, 7) is 2.04. The van der Waals surface area contributed by atoms with Gasteiger partial charge in [0.25, 0.3) is 0 Å². The normalized spacial score (nSPS) is 12.4. The maximum Gasteiger partial charge on any atom is 0.193 e. The van der Waals surface area contributed by atoms with Crippen molar-refractivity contribution in [3.05, 3.63) is 161 Å². The second-order valence-corrected chi connectivity index (χ2v) is 9.02. The van der Waals surface area contributed by atoms with Crippen molar-refractivity contribution in [1.29, 1.82) is 0 Å². The van der Waals surface area contributed by atoms with Gasteiger partial charge in [-0.15, -0.1) is 0 Å². The van der Waals surface area contributed by atoms with E-state index in [1.165, 1.54) is 5.39 Å². The second-order valence-electron chi connectivity index (χ2n) is 9.02. The minimum atomic E-state index is 0.0528. The summed E-state index contributed by atoms with van der Waals surface area (Å²) in [6.07, 6.45) is 2.10.